The maximum absolute atomic E-state index is 11.9. The molecule has 0 fully saturated rings. The number of aliphatic hydroxyl groups excluding tert-OH is 1. The fourth-order valence-electron chi connectivity index (χ4n) is 3.36. The van der Waals surface area contributed by atoms with Crippen LogP contribution in [0.4, 0.5) is 0 Å². The zero-order valence-electron chi connectivity index (χ0n) is 17.8. The highest BCUT2D eigenvalue weighted by atomic mass is 16.4. The van der Waals surface area contributed by atoms with E-state index in [1.54, 1.807) is 0 Å². The summed E-state index contributed by atoms with van der Waals surface area (Å²) in [5, 5.41) is 20.5. The summed E-state index contributed by atoms with van der Waals surface area (Å²) >= 11 is 0. The van der Waals surface area contributed by atoms with Crippen LogP contribution in [0, 0.1) is 0 Å². The zero-order chi connectivity index (χ0) is 20.9. The molecule has 0 aliphatic rings. The number of nitrogens with two attached hydrogens (primary N) is 1. The number of unbranched alkanes of at least 4 members (excludes halogenated alkanes) is 13. The van der Waals surface area contributed by atoms with E-state index in [2.05, 4.69) is 5.32 Å². The van der Waals surface area contributed by atoms with Gasteiger partial charge in [0.2, 0.25) is 5.91 Å². The van der Waals surface area contributed by atoms with Gasteiger partial charge in [0.25, 0.3) is 0 Å². The molecule has 0 saturated carbocycles. The number of rotatable bonds is 21. The van der Waals surface area contributed by atoms with Gasteiger partial charge in [-0.2, -0.15) is 0 Å². The van der Waals surface area contributed by atoms with Crippen LogP contribution in [0.15, 0.2) is 0 Å². The number of carbonyl (C=O) groups excluding carboxylic acids is 1. The van der Waals surface area contributed by atoms with Gasteiger partial charge in [-0.05, 0) is 38.6 Å². The normalized spacial score (nSPS) is 12.1. The van der Waals surface area contributed by atoms with E-state index in [0.717, 1.165) is 44.9 Å². The molecular formula is C22H44N2O4. The Kier molecular flexibility index (Phi) is 19.8. The summed E-state index contributed by atoms with van der Waals surface area (Å²) in [4.78, 5) is 23.1. The molecule has 28 heavy (non-hydrogen) atoms. The average molecular weight is 401 g/mol. The molecule has 0 radical (unpaired) electrons. The van der Waals surface area contributed by atoms with Gasteiger partial charge in [0, 0.05) is 13.0 Å². The molecule has 0 aliphatic carbocycles. The highest BCUT2D eigenvalue weighted by Gasteiger charge is 2.18. The van der Waals surface area contributed by atoms with Gasteiger partial charge in [-0.1, -0.05) is 70.6 Å². The minimum Gasteiger partial charge on any atom is -0.480 e. The predicted molar refractivity (Wildman–Crippen MR) is 114 cm³/mol. The van der Waals surface area contributed by atoms with Crippen LogP contribution in [-0.2, 0) is 9.59 Å². The number of carbonyl (C=O) groups is 2. The second-order valence-electron chi connectivity index (χ2n) is 7.81. The van der Waals surface area contributed by atoms with Crippen LogP contribution in [-0.4, -0.2) is 41.3 Å². The van der Waals surface area contributed by atoms with Gasteiger partial charge in [0.15, 0.2) is 0 Å². The molecule has 0 spiro atoms. The van der Waals surface area contributed by atoms with Gasteiger partial charge in [-0.15, -0.1) is 0 Å². The van der Waals surface area contributed by atoms with Crippen molar-refractivity contribution < 1.29 is 19.8 Å². The third-order valence-electron chi connectivity index (χ3n) is 5.14. The first-order chi connectivity index (χ1) is 13.6. The SMILES string of the molecule is NCCCCC(NC(=O)CCCCCCCCCCCCCCCO)C(=O)O. The van der Waals surface area contributed by atoms with Crippen LogP contribution in [0.1, 0.15) is 109 Å². The third kappa shape index (κ3) is 18.2. The lowest BCUT2D eigenvalue weighted by molar-refractivity contribution is -0.142. The van der Waals surface area contributed by atoms with Gasteiger partial charge in [0.05, 0.1) is 0 Å². The van der Waals surface area contributed by atoms with Gasteiger partial charge < -0.3 is 21.3 Å². The van der Waals surface area contributed by atoms with Crippen molar-refractivity contribution in [3.05, 3.63) is 0 Å². The lowest BCUT2D eigenvalue weighted by Gasteiger charge is -2.14. The summed E-state index contributed by atoms with van der Waals surface area (Å²) in [5.74, 6) is -1.12. The summed E-state index contributed by atoms with van der Waals surface area (Å²) in [6.45, 7) is 0.870. The first-order valence-electron chi connectivity index (χ1n) is 11.4. The predicted octanol–water partition coefficient (Wildman–Crippen LogP) is 4.14. The number of carboxylic acid groups (broad SMARTS) is 1. The van der Waals surface area contributed by atoms with Gasteiger partial charge in [0.1, 0.15) is 6.04 Å². The number of amides is 1. The van der Waals surface area contributed by atoms with E-state index >= 15 is 0 Å². The lowest BCUT2D eigenvalue weighted by atomic mass is 10.0. The van der Waals surface area contributed by atoms with E-state index in [4.69, 9.17) is 15.9 Å². The van der Waals surface area contributed by atoms with Crippen molar-refractivity contribution in [3.8, 4) is 0 Å². The van der Waals surface area contributed by atoms with E-state index in [1.165, 1.54) is 51.4 Å². The molecule has 0 rings (SSSR count). The minimum atomic E-state index is -0.962. The van der Waals surface area contributed by atoms with Crippen molar-refractivity contribution in [2.24, 2.45) is 5.73 Å². The first-order valence-corrected chi connectivity index (χ1v) is 11.4. The highest BCUT2D eigenvalue weighted by molar-refractivity contribution is 5.83. The quantitative estimate of drug-likeness (QED) is 0.216. The van der Waals surface area contributed by atoms with E-state index in [-0.39, 0.29) is 5.91 Å². The van der Waals surface area contributed by atoms with E-state index < -0.39 is 12.0 Å². The Bertz CT molecular complexity index is 378. The Labute approximate surface area is 171 Å². The average Bonchev–Trinajstić information content (AvgIpc) is 2.67. The van der Waals surface area contributed by atoms with Crippen molar-refractivity contribution in [1.82, 2.24) is 5.32 Å². The highest BCUT2D eigenvalue weighted by Crippen LogP contribution is 2.13. The maximum atomic E-state index is 11.9. The molecule has 1 atom stereocenters. The summed E-state index contributed by atoms with van der Waals surface area (Å²) in [6.07, 6.45) is 17.7. The van der Waals surface area contributed by atoms with Gasteiger partial charge in [-0.25, -0.2) is 4.79 Å². The standard InChI is InChI=1S/C22H44N2O4/c23-18-14-13-16-20(22(27)28)24-21(26)17-12-10-8-6-4-2-1-3-5-7-9-11-15-19-25/h20,25H,1-19,23H2,(H,24,26)(H,27,28). The first kappa shape index (κ1) is 26.9. The summed E-state index contributed by atoms with van der Waals surface area (Å²) in [6, 6.07) is -0.784. The van der Waals surface area contributed by atoms with Crippen molar-refractivity contribution in [2.45, 2.75) is 115 Å². The second kappa shape index (κ2) is 20.6. The number of aliphatic carboxylic acids is 1. The van der Waals surface area contributed by atoms with Gasteiger partial charge in [-0.3, -0.25) is 4.79 Å². The van der Waals surface area contributed by atoms with E-state index in [9.17, 15) is 9.59 Å². The summed E-state index contributed by atoms with van der Waals surface area (Å²) in [7, 11) is 0. The fraction of sp³-hybridized carbons (Fsp3) is 0.909. The van der Waals surface area contributed by atoms with E-state index in [1.807, 2.05) is 0 Å². The second-order valence-corrected chi connectivity index (χ2v) is 7.81. The Morgan fingerprint density at radius 3 is 1.61 bits per heavy atom. The molecule has 0 aliphatic heterocycles. The summed E-state index contributed by atoms with van der Waals surface area (Å²) < 4.78 is 0. The molecule has 0 bridgehead atoms. The molecule has 0 aromatic heterocycles. The maximum Gasteiger partial charge on any atom is 0.326 e. The van der Waals surface area contributed by atoms with Crippen LogP contribution in [0.5, 0.6) is 0 Å². The smallest absolute Gasteiger partial charge is 0.326 e. The number of nitrogens with one attached hydrogen (secondary N) is 1. The number of hydrogen-bond acceptors (Lipinski definition) is 4. The Morgan fingerprint density at radius 2 is 1.18 bits per heavy atom. The fourth-order valence-corrected chi connectivity index (χ4v) is 3.36. The molecular weight excluding hydrogens is 356 g/mol. The summed E-state index contributed by atoms with van der Waals surface area (Å²) in [5.41, 5.74) is 5.42. The molecule has 6 heteroatoms. The molecule has 1 amide bonds. The van der Waals surface area contributed by atoms with Crippen molar-refractivity contribution in [1.29, 1.82) is 0 Å². The minimum absolute atomic E-state index is 0.154. The number of hydrogen-bond donors (Lipinski definition) is 4. The molecule has 166 valence electrons. The van der Waals surface area contributed by atoms with Crippen LogP contribution in [0.2, 0.25) is 0 Å². The largest absolute Gasteiger partial charge is 0.480 e. The molecule has 1 unspecified atom stereocenters. The Hall–Kier alpha value is -1.14. The van der Waals surface area contributed by atoms with Crippen LogP contribution >= 0.6 is 0 Å². The van der Waals surface area contributed by atoms with Crippen LogP contribution in [0.3, 0.4) is 0 Å². The number of aliphatic hydroxyl groups is 1. The van der Waals surface area contributed by atoms with Crippen molar-refractivity contribution in [2.75, 3.05) is 13.2 Å². The molecule has 0 aromatic carbocycles. The molecule has 0 aromatic rings. The lowest BCUT2D eigenvalue weighted by Crippen LogP contribution is -2.40. The van der Waals surface area contributed by atoms with E-state index in [0.29, 0.717) is 26.0 Å². The zero-order valence-corrected chi connectivity index (χ0v) is 17.8. The molecule has 6 nitrogen and oxygen atoms in total. The van der Waals surface area contributed by atoms with Gasteiger partial charge >= 0.3 is 5.97 Å². The van der Waals surface area contributed by atoms with Crippen molar-refractivity contribution >= 4 is 11.9 Å². The molecule has 0 heterocycles. The topological polar surface area (TPSA) is 113 Å². The molecule has 5 N–H and O–H groups in total. The Balaban J connectivity index is 3.45. The van der Waals surface area contributed by atoms with Crippen molar-refractivity contribution in [3.63, 3.8) is 0 Å². The van der Waals surface area contributed by atoms with Crippen LogP contribution in [0.25, 0.3) is 0 Å². The Morgan fingerprint density at radius 1 is 0.714 bits per heavy atom. The third-order valence-corrected chi connectivity index (χ3v) is 5.14. The molecule has 0 saturated heterocycles. The number of carboxylic acids is 1. The van der Waals surface area contributed by atoms with Crippen LogP contribution < -0.4 is 11.1 Å². The monoisotopic (exact) mass is 400 g/mol.